The Morgan fingerprint density at radius 2 is 1.21 bits per heavy atom. The molecule has 4 heteroatoms. The van der Waals surface area contributed by atoms with E-state index in [1.807, 2.05) is 91.0 Å². The molecule has 4 rings (SSSR count). The summed E-state index contributed by atoms with van der Waals surface area (Å²) in [6, 6.07) is 37.0. The van der Waals surface area contributed by atoms with Gasteiger partial charge >= 0.3 is 8.56 Å². The molecule has 4 aromatic rings. The summed E-state index contributed by atoms with van der Waals surface area (Å²) >= 11 is 0. The molecule has 0 atom stereocenters. The Labute approximate surface area is 196 Å². The van der Waals surface area contributed by atoms with Crippen LogP contribution in [-0.2, 0) is 4.43 Å². The lowest BCUT2D eigenvalue weighted by atomic mass is 10.0. The molecule has 4 aromatic carbocycles. The maximum atomic E-state index is 13.4. The third-order valence-corrected chi connectivity index (χ3v) is 8.84. The van der Waals surface area contributed by atoms with E-state index in [9.17, 15) is 4.79 Å². The van der Waals surface area contributed by atoms with Crippen molar-refractivity contribution in [1.82, 2.24) is 0 Å². The first-order chi connectivity index (χ1) is 16.2. The van der Waals surface area contributed by atoms with Crippen molar-refractivity contribution in [3.8, 4) is 5.75 Å². The molecule has 0 radical (unpaired) electrons. The minimum absolute atomic E-state index is 0.0659. The summed E-state index contributed by atoms with van der Waals surface area (Å²) in [5, 5.41) is 2.02. The van der Waals surface area contributed by atoms with Crippen molar-refractivity contribution < 1.29 is 13.6 Å². The number of para-hydroxylation sites is 1. The van der Waals surface area contributed by atoms with Gasteiger partial charge in [0.05, 0.1) is 5.56 Å². The third-order valence-electron chi connectivity index (χ3n) is 5.53. The van der Waals surface area contributed by atoms with Gasteiger partial charge in [-0.05, 0) is 18.6 Å². The summed E-state index contributed by atoms with van der Waals surface area (Å²) in [5.74, 6) is 0.478. The van der Waals surface area contributed by atoms with Gasteiger partial charge in [-0.3, -0.25) is 4.79 Å². The van der Waals surface area contributed by atoms with Crippen molar-refractivity contribution in [2.45, 2.75) is 19.8 Å². The van der Waals surface area contributed by atoms with Gasteiger partial charge in [0.25, 0.3) is 0 Å². The molecule has 33 heavy (non-hydrogen) atoms. The number of carbonyl (C=O) groups excluding carboxylic acids is 1. The largest absolute Gasteiger partial charge is 0.513 e. The van der Waals surface area contributed by atoms with Crippen LogP contribution in [-0.4, -0.2) is 21.0 Å². The Morgan fingerprint density at radius 1 is 0.697 bits per heavy atom. The van der Waals surface area contributed by atoms with Gasteiger partial charge in [0.15, 0.2) is 5.78 Å². The van der Waals surface area contributed by atoms with Gasteiger partial charge in [-0.2, -0.15) is 0 Å². The predicted molar refractivity (Wildman–Crippen MR) is 136 cm³/mol. The van der Waals surface area contributed by atoms with Gasteiger partial charge in [0, 0.05) is 22.5 Å². The second-order valence-corrected chi connectivity index (χ2v) is 10.7. The van der Waals surface area contributed by atoms with E-state index >= 15 is 0 Å². The fourth-order valence-electron chi connectivity index (χ4n) is 3.80. The molecule has 3 nitrogen and oxygen atoms in total. The molecule has 0 saturated heterocycles. The van der Waals surface area contributed by atoms with Crippen LogP contribution in [0.5, 0.6) is 5.75 Å². The van der Waals surface area contributed by atoms with Crippen molar-refractivity contribution in [2.75, 3.05) is 6.61 Å². The van der Waals surface area contributed by atoms with Gasteiger partial charge in [-0.1, -0.05) is 116 Å². The van der Waals surface area contributed by atoms with E-state index in [-0.39, 0.29) is 5.78 Å². The first-order valence-electron chi connectivity index (χ1n) is 11.4. The van der Waals surface area contributed by atoms with Gasteiger partial charge in [0.1, 0.15) is 5.75 Å². The fourth-order valence-corrected chi connectivity index (χ4v) is 6.94. The molecule has 0 fully saturated rings. The highest BCUT2D eigenvalue weighted by Gasteiger charge is 2.45. The van der Waals surface area contributed by atoms with E-state index < -0.39 is 8.56 Å². The van der Waals surface area contributed by atoms with E-state index in [0.29, 0.717) is 23.5 Å². The van der Waals surface area contributed by atoms with Gasteiger partial charge in [-0.25, -0.2) is 0 Å². The summed E-state index contributed by atoms with van der Waals surface area (Å²) in [5.41, 5.74) is 1.17. The molecule has 0 aromatic heterocycles. The Morgan fingerprint density at radius 3 is 1.79 bits per heavy atom. The maximum Gasteiger partial charge on any atom is 0.468 e. The summed E-state index contributed by atoms with van der Waals surface area (Å²) in [7, 11) is -3.16. The Hall–Kier alpha value is -3.47. The monoisotopic (exact) mass is 452 g/mol. The number of carbonyl (C=O) groups is 1. The lowest BCUT2D eigenvalue weighted by Gasteiger charge is -2.32. The van der Waals surface area contributed by atoms with Crippen molar-refractivity contribution in [2.24, 2.45) is 0 Å². The van der Waals surface area contributed by atoms with Crippen molar-refractivity contribution in [3.05, 3.63) is 126 Å². The molecule has 0 aliphatic carbocycles. The van der Waals surface area contributed by atoms with Gasteiger partial charge in [0.2, 0.25) is 0 Å². The topological polar surface area (TPSA) is 35.5 Å². The van der Waals surface area contributed by atoms with Crippen molar-refractivity contribution in [3.63, 3.8) is 0 Å². The molecule has 0 unspecified atom stereocenters. The quantitative estimate of drug-likeness (QED) is 0.184. The minimum Gasteiger partial charge on any atom is -0.513 e. The first kappa shape index (κ1) is 22.7. The summed E-state index contributed by atoms with van der Waals surface area (Å²) < 4.78 is 13.6. The van der Waals surface area contributed by atoms with E-state index in [4.69, 9.17) is 8.85 Å². The highest BCUT2D eigenvalue weighted by molar-refractivity contribution is 6.93. The third kappa shape index (κ3) is 5.13. The lowest BCUT2D eigenvalue weighted by molar-refractivity contribution is 0.103. The average molecular weight is 453 g/mol. The molecule has 0 heterocycles. The predicted octanol–water partition coefficient (Wildman–Crippen LogP) is 5.37. The number of ketones is 1. The van der Waals surface area contributed by atoms with Crippen LogP contribution in [0, 0.1) is 0 Å². The average Bonchev–Trinajstić information content (AvgIpc) is 2.89. The number of hydrogen-bond donors (Lipinski definition) is 0. The molecule has 0 saturated carbocycles. The highest BCUT2D eigenvalue weighted by Crippen LogP contribution is 2.25. The smallest absolute Gasteiger partial charge is 0.468 e. The molecule has 0 spiro atoms. The van der Waals surface area contributed by atoms with Crippen LogP contribution in [0.1, 0.15) is 35.7 Å². The maximum absolute atomic E-state index is 13.4. The molecular formula is C29H28O3Si. The molecule has 0 bridgehead atoms. The van der Waals surface area contributed by atoms with E-state index in [2.05, 4.69) is 31.2 Å². The first-order valence-corrected chi connectivity index (χ1v) is 13.2. The summed E-state index contributed by atoms with van der Waals surface area (Å²) in [6.45, 7) is 2.73. The normalized spacial score (nSPS) is 11.2. The molecular weight excluding hydrogens is 424 g/mol. The zero-order valence-electron chi connectivity index (χ0n) is 18.8. The summed E-state index contributed by atoms with van der Waals surface area (Å²) in [4.78, 5) is 13.4. The standard InChI is InChI=1S/C29H28O3Si/c1-2-3-23-31-33(25-17-9-5-10-18-25,26-19-11-6-12-20-26)32-28-22-14-13-21-27(28)29(30)24-15-7-4-8-16-24/h4-22H,2-3,23H2,1H3. The minimum atomic E-state index is -3.16. The van der Waals surface area contributed by atoms with Crippen LogP contribution in [0.4, 0.5) is 0 Å². The molecule has 166 valence electrons. The Kier molecular flexibility index (Phi) is 7.50. The Bertz CT molecular complexity index is 1120. The van der Waals surface area contributed by atoms with E-state index in [1.165, 1.54) is 0 Å². The number of hydrogen-bond acceptors (Lipinski definition) is 3. The van der Waals surface area contributed by atoms with Crippen LogP contribution in [0.2, 0.25) is 0 Å². The molecule has 0 aliphatic heterocycles. The number of unbranched alkanes of at least 4 members (excludes halogenated alkanes) is 1. The molecule has 0 aliphatic rings. The highest BCUT2D eigenvalue weighted by atomic mass is 28.4. The van der Waals surface area contributed by atoms with Gasteiger partial charge in [-0.15, -0.1) is 0 Å². The van der Waals surface area contributed by atoms with E-state index in [1.54, 1.807) is 0 Å². The van der Waals surface area contributed by atoms with Crippen LogP contribution >= 0.6 is 0 Å². The molecule has 0 amide bonds. The van der Waals surface area contributed by atoms with Crippen LogP contribution in [0.3, 0.4) is 0 Å². The lowest BCUT2D eigenvalue weighted by Crippen LogP contribution is -2.66. The van der Waals surface area contributed by atoms with Crippen LogP contribution in [0.25, 0.3) is 0 Å². The second kappa shape index (κ2) is 10.9. The van der Waals surface area contributed by atoms with Crippen LogP contribution in [0.15, 0.2) is 115 Å². The summed E-state index contributed by atoms with van der Waals surface area (Å²) in [6.07, 6.45) is 1.96. The molecule has 0 N–H and O–H groups in total. The Balaban J connectivity index is 1.84. The zero-order chi connectivity index (χ0) is 22.9. The zero-order valence-corrected chi connectivity index (χ0v) is 19.8. The van der Waals surface area contributed by atoms with Crippen LogP contribution < -0.4 is 14.8 Å². The number of rotatable bonds is 10. The number of benzene rings is 4. The van der Waals surface area contributed by atoms with Gasteiger partial charge < -0.3 is 8.85 Å². The van der Waals surface area contributed by atoms with E-state index in [0.717, 1.165) is 23.2 Å². The van der Waals surface area contributed by atoms with Crippen molar-refractivity contribution in [1.29, 1.82) is 0 Å². The SMILES string of the molecule is CCCCO[Si](Oc1ccccc1C(=O)c1ccccc1)(c1ccccc1)c1ccccc1. The van der Waals surface area contributed by atoms with Crippen molar-refractivity contribution >= 4 is 24.7 Å². The second-order valence-electron chi connectivity index (χ2n) is 7.84. The fraction of sp³-hybridized carbons (Fsp3) is 0.138.